The number of amides is 1. The Bertz CT molecular complexity index is 1070. The first-order valence-corrected chi connectivity index (χ1v) is 9.85. The molecule has 2 unspecified atom stereocenters. The Kier molecular flexibility index (Phi) is 4.68. The lowest BCUT2D eigenvalue weighted by Crippen LogP contribution is -2.41. The minimum atomic E-state index is -0.392. The van der Waals surface area contributed by atoms with E-state index in [9.17, 15) is 14.4 Å². The molecule has 3 heterocycles. The molecule has 8 nitrogen and oxygen atoms in total. The number of hydrogen-bond donors (Lipinski definition) is 3. The van der Waals surface area contributed by atoms with Crippen LogP contribution in [0.25, 0.3) is 0 Å². The van der Waals surface area contributed by atoms with Gasteiger partial charge in [-0.15, -0.1) is 5.23 Å². The number of nitrogens with zero attached hydrogens (tertiary/aromatic N) is 4. The van der Waals surface area contributed by atoms with Crippen molar-refractivity contribution in [3.63, 3.8) is 0 Å². The van der Waals surface area contributed by atoms with Gasteiger partial charge in [0.1, 0.15) is 17.8 Å². The van der Waals surface area contributed by atoms with Gasteiger partial charge in [0.15, 0.2) is 0 Å². The van der Waals surface area contributed by atoms with E-state index in [4.69, 9.17) is 0 Å². The Balaban J connectivity index is 1.73. The third-order valence-corrected chi connectivity index (χ3v) is 5.85. The molecule has 3 N–H and O–H groups in total. The Morgan fingerprint density at radius 1 is 1.27 bits per heavy atom. The number of hydrazine groups is 1. The van der Waals surface area contributed by atoms with Gasteiger partial charge in [-0.3, -0.25) is 4.79 Å². The fourth-order valence-corrected chi connectivity index (χ4v) is 4.62. The van der Waals surface area contributed by atoms with Crippen LogP contribution in [0.2, 0.25) is 0 Å². The SMILES string of the molecule is O=C1C=C2C3=C(CNN2F)CC(c2ccccc2)C(c2ncnn2CCO)C3=CN1. The molecule has 5 rings (SSSR count). The molecule has 1 amide bonds. The van der Waals surface area contributed by atoms with Gasteiger partial charge in [-0.1, -0.05) is 34.8 Å². The normalized spacial score (nSPS) is 23.4. The third kappa shape index (κ3) is 3.03. The zero-order valence-corrected chi connectivity index (χ0v) is 16.1. The molecule has 2 aliphatic heterocycles. The van der Waals surface area contributed by atoms with Crippen molar-refractivity contribution in [1.82, 2.24) is 30.7 Å². The van der Waals surface area contributed by atoms with Crippen molar-refractivity contribution in [3.8, 4) is 0 Å². The number of aliphatic hydroxyl groups excluding tert-OH is 1. The zero-order chi connectivity index (χ0) is 20.7. The predicted molar refractivity (Wildman–Crippen MR) is 106 cm³/mol. The molecular weight excluding hydrogens is 387 g/mol. The number of benzene rings is 1. The lowest BCUT2D eigenvalue weighted by Gasteiger charge is -2.40. The van der Waals surface area contributed by atoms with Crippen LogP contribution in [0.15, 0.2) is 71.4 Å². The highest BCUT2D eigenvalue weighted by atomic mass is 19.2. The summed E-state index contributed by atoms with van der Waals surface area (Å²) in [6.07, 6.45) is 5.08. The van der Waals surface area contributed by atoms with Gasteiger partial charge in [-0.25, -0.2) is 15.1 Å². The molecule has 2 atom stereocenters. The van der Waals surface area contributed by atoms with Crippen LogP contribution in [0.5, 0.6) is 0 Å². The molecule has 2 aromatic rings. The van der Waals surface area contributed by atoms with Crippen LogP contribution in [0, 0.1) is 0 Å². The highest BCUT2D eigenvalue weighted by Gasteiger charge is 2.43. The molecule has 1 aliphatic carbocycles. The van der Waals surface area contributed by atoms with Crippen molar-refractivity contribution in [1.29, 1.82) is 0 Å². The average molecular weight is 408 g/mol. The van der Waals surface area contributed by atoms with E-state index in [-0.39, 0.29) is 24.1 Å². The average Bonchev–Trinajstić information content (AvgIpc) is 3.14. The number of aliphatic hydroxyl groups is 1. The van der Waals surface area contributed by atoms with Gasteiger partial charge in [0, 0.05) is 30.3 Å². The summed E-state index contributed by atoms with van der Waals surface area (Å²) >= 11 is 0. The van der Waals surface area contributed by atoms with Crippen LogP contribution in [0.4, 0.5) is 4.48 Å². The second-order valence-corrected chi connectivity index (χ2v) is 7.50. The smallest absolute Gasteiger partial charge is 0.250 e. The maximum Gasteiger partial charge on any atom is 0.250 e. The van der Waals surface area contributed by atoms with Crippen molar-refractivity contribution < 1.29 is 14.4 Å². The van der Waals surface area contributed by atoms with E-state index in [0.717, 1.165) is 22.3 Å². The van der Waals surface area contributed by atoms with E-state index >= 15 is 0 Å². The van der Waals surface area contributed by atoms with Gasteiger partial charge < -0.3 is 10.4 Å². The Hall–Kier alpha value is -3.30. The first-order valence-electron chi connectivity index (χ1n) is 9.85. The maximum atomic E-state index is 14.6. The molecule has 9 heteroatoms. The van der Waals surface area contributed by atoms with Gasteiger partial charge in [-0.05, 0) is 23.1 Å². The predicted octanol–water partition coefficient (Wildman–Crippen LogP) is 1.44. The van der Waals surface area contributed by atoms with Crippen molar-refractivity contribution >= 4 is 5.91 Å². The standard InChI is InChI=1S/C21H21FN6O2/c22-28-17-9-18(30)23-11-16-19(17)14(10-25-28)8-15(13-4-2-1-3-5-13)20(16)21-24-12-26-27(21)6-7-29/h1-5,9,11-12,15,20,25,29H,6-8,10H2,(H,23,30). The van der Waals surface area contributed by atoms with E-state index < -0.39 is 5.91 Å². The topological polar surface area (TPSA) is 95.3 Å². The van der Waals surface area contributed by atoms with Crippen LogP contribution in [0.3, 0.4) is 0 Å². The van der Waals surface area contributed by atoms with Crippen LogP contribution in [-0.4, -0.2) is 44.2 Å². The molecule has 154 valence electrons. The number of aromatic nitrogens is 3. The van der Waals surface area contributed by atoms with Gasteiger partial charge in [-0.2, -0.15) is 5.10 Å². The minimum absolute atomic E-state index is 0.0158. The van der Waals surface area contributed by atoms with Crippen LogP contribution >= 0.6 is 0 Å². The van der Waals surface area contributed by atoms with Crippen molar-refractivity contribution in [2.75, 3.05) is 13.2 Å². The molecule has 3 aliphatic rings. The van der Waals surface area contributed by atoms with Gasteiger partial charge in [0.05, 0.1) is 19.1 Å². The summed E-state index contributed by atoms with van der Waals surface area (Å²) in [5.41, 5.74) is 6.58. The van der Waals surface area contributed by atoms with E-state index in [1.54, 1.807) is 10.9 Å². The van der Waals surface area contributed by atoms with Gasteiger partial charge >= 0.3 is 0 Å². The summed E-state index contributed by atoms with van der Waals surface area (Å²) in [6.45, 7) is 0.586. The van der Waals surface area contributed by atoms with Crippen LogP contribution in [-0.2, 0) is 11.3 Å². The first kappa shape index (κ1) is 18.7. The lowest BCUT2D eigenvalue weighted by atomic mass is 9.68. The minimum Gasteiger partial charge on any atom is -0.394 e. The fraction of sp³-hybridized carbons (Fsp3) is 0.286. The fourth-order valence-electron chi connectivity index (χ4n) is 4.62. The Morgan fingerprint density at radius 3 is 2.90 bits per heavy atom. The highest BCUT2D eigenvalue weighted by Crippen LogP contribution is 2.51. The second kappa shape index (κ2) is 7.51. The first-order chi connectivity index (χ1) is 14.7. The van der Waals surface area contributed by atoms with Gasteiger partial charge in [0.25, 0.3) is 0 Å². The van der Waals surface area contributed by atoms with E-state index in [0.29, 0.717) is 30.6 Å². The number of hydrogen-bond acceptors (Lipinski definition) is 6. The number of carbonyl (C=O) groups excluding carboxylic acids is 1. The van der Waals surface area contributed by atoms with Crippen LogP contribution in [0.1, 0.15) is 29.6 Å². The highest BCUT2D eigenvalue weighted by molar-refractivity contribution is 5.91. The van der Waals surface area contributed by atoms with Gasteiger partial charge in [0.2, 0.25) is 5.91 Å². The Labute approximate surface area is 172 Å². The summed E-state index contributed by atoms with van der Waals surface area (Å²) in [4.78, 5) is 16.8. The van der Waals surface area contributed by atoms with Crippen molar-refractivity contribution in [3.05, 3.63) is 82.7 Å². The number of allylic oxidation sites excluding steroid dienone is 1. The largest absolute Gasteiger partial charge is 0.394 e. The van der Waals surface area contributed by atoms with E-state index in [1.807, 2.05) is 18.2 Å². The summed E-state index contributed by atoms with van der Waals surface area (Å²) < 4.78 is 16.3. The molecule has 0 saturated heterocycles. The molecule has 0 saturated carbocycles. The van der Waals surface area contributed by atoms with E-state index in [1.165, 1.54) is 12.4 Å². The van der Waals surface area contributed by atoms with E-state index in [2.05, 4.69) is 33.0 Å². The molecule has 0 fully saturated rings. The molecule has 0 spiro atoms. The lowest BCUT2D eigenvalue weighted by molar-refractivity contribution is -0.115. The molecular formula is C21H21FN6O2. The summed E-state index contributed by atoms with van der Waals surface area (Å²) in [6, 6.07) is 10.1. The third-order valence-electron chi connectivity index (χ3n) is 5.85. The summed E-state index contributed by atoms with van der Waals surface area (Å²) in [5.74, 6) is 0.0302. The maximum absolute atomic E-state index is 14.6. The zero-order valence-electron chi connectivity index (χ0n) is 16.1. The molecule has 0 bridgehead atoms. The summed E-state index contributed by atoms with van der Waals surface area (Å²) in [7, 11) is 0. The monoisotopic (exact) mass is 408 g/mol. The number of nitrogens with one attached hydrogen (secondary N) is 2. The molecule has 1 aromatic carbocycles. The van der Waals surface area contributed by atoms with Crippen molar-refractivity contribution in [2.45, 2.75) is 24.8 Å². The number of halogens is 1. The van der Waals surface area contributed by atoms with Crippen molar-refractivity contribution in [2.24, 2.45) is 0 Å². The quantitative estimate of drug-likeness (QED) is 0.663. The molecule has 0 radical (unpaired) electrons. The number of carbonyl (C=O) groups is 1. The summed E-state index contributed by atoms with van der Waals surface area (Å²) in [5, 5.41) is 16.9. The second-order valence-electron chi connectivity index (χ2n) is 7.50. The van der Waals surface area contributed by atoms with Crippen LogP contribution < -0.4 is 10.7 Å². The Morgan fingerprint density at radius 2 is 2.10 bits per heavy atom. The number of rotatable bonds is 4. The molecule has 1 aromatic heterocycles. The molecule has 30 heavy (non-hydrogen) atoms.